The quantitative estimate of drug-likeness (QED) is 0.232. The van der Waals surface area contributed by atoms with Crippen LogP contribution in [0.3, 0.4) is 0 Å². The number of halogens is 3. The van der Waals surface area contributed by atoms with Crippen molar-refractivity contribution in [2.24, 2.45) is 0 Å². The predicted octanol–water partition coefficient (Wildman–Crippen LogP) is 5.78. The van der Waals surface area contributed by atoms with Gasteiger partial charge >= 0.3 is 5.69 Å². The van der Waals surface area contributed by atoms with Crippen molar-refractivity contribution in [3.63, 3.8) is 0 Å². The van der Waals surface area contributed by atoms with E-state index in [2.05, 4.69) is 15.9 Å². The number of phenolic OH excluding ortho intramolecular Hbond substituents is 2. The van der Waals surface area contributed by atoms with E-state index in [0.717, 1.165) is 6.07 Å². The molecule has 2 aromatic rings. The normalized spacial score (nSPS) is 10.4. The average molecular weight is 452 g/mol. The van der Waals surface area contributed by atoms with Gasteiger partial charge in [-0.25, -0.2) is 0 Å². The highest BCUT2D eigenvalue weighted by Gasteiger charge is 2.19. The predicted molar refractivity (Wildman–Crippen MR) is 104 cm³/mol. The van der Waals surface area contributed by atoms with E-state index in [0.29, 0.717) is 26.3 Å². The van der Waals surface area contributed by atoms with Crippen LogP contribution in [0.2, 0.25) is 10.0 Å². The molecule has 136 valence electrons. The van der Waals surface area contributed by atoms with Gasteiger partial charge in [-0.2, -0.15) is 0 Å². The molecule has 9 heteroatoms. The van der Waals surface area contributed by atoms with Crippen molar-refractivity contribution >= 4 is 50.5 Å². The van der Waals surface area contributed by atoms with E-state index in [-0.39, 0.29) is 28.1 Å². The molecule has 0 aromatic heterocycles. The Bertz CT molecular complexity index is 787. The Morgan fingerprint density at radius 2 is 1.76 bits per heavy atom. The van der Waals surface area contributed by atoms with E-state index in [1.54, 1.807) is 13.0 Å². The molecule has 0 atom stereocenters. The van der Waals surface area contributed by atoms with Crippen LogP contribution in [0.15, 0.2) is 22.7 Å². The lowest BCUT2D eigenvalue weighted by Crippen LogP contribution is -1.94. The minimum atomic E-state index is -0.646. The zero-order valence-corrected chi connectivity index (χ0v) is 16.8. The summed E-state index contributed by atoms with van der Waals surface area (Å²) >= 11 is 14.6. The van der Waals surface area contributed by atoms with E-state index in [9.17, 15) is 20.3 Å². The van der Waals surface area contributed by atoms with Gasteiger partial charge in [0.05, 0.1) is 15.1 Å². The molecule has 0 radical (unpaired) electrons. The number of nitro groups is 1. The van der Waals surface area contributed by atoms with E-state index in [4.69, 9.17) is 28.9 Å². The molecular formula is C16H17BrCl2N2O4. The molecule has 0 spiro atoms. The highest BCUT2D eigenvalue weighted by atomic mass is 79.9. The Hall–Kier alpha value is -1.70. The number of benzene rings is 2. The van der Waals surface area contributed by atoms with Crippen molar-refractivity contribution in [2.75, 3.05) is 5.73 Å². The second-order valence-electron chi connectivity index (χ2n) is 5.50. The topological polar surface area (TPSA) is 110 Å². The van der Waals surface area contributed by atoms with Gasteiger partial charge < -0.3 is 15.9 Å². The maximum atomic E-state index is 10.5. The van der Waals surface area contributed by atoms with Crippen LogP contribution in [0.1, 0.15) is 30.9 Å². The fraction of sp³-hybridized carbons (Fsp3) is 0.250. The molecule has 0 saturated heterocycles. The molecule has 0 bridgehead atoms. The molecule has 25 heavy (non-hydrogen) atoms. The van der Waals surface area contributed by atoms with Crippen LogP contribution in [0.25, 0.3) is 0 Å². The molecule has 2 rings (SSSR count). The first-order chi connectivity index (χ1) is 11.5. The Labute approximate surface area is 163 Å². The third-order valence-electron chi connectivity index (χ3n) is 3.40. The molecule has 0 saturated carbocycles. The van der Waals surface area contributed by atoms with Gasteiger partial charge in [-0.3, -0.25) is 10.1 Å². The van der Waals surface area contributed by atoms with Gasteiger partial charge in [0.15, 0.2) is 11.5 Å². The summed E-state index contributed by atoms with van der Waals surface area (Å²) in [5.74, 6) is -0.256. The third kappa shape index (κ3) is 5.14. The number of hydrogen-bond acceptors (Lipinski definition) is 5. The highest BCUT2D eigenvalue weighted by molar-refractivity contribution is 9.10. The summed E-state index contributed by atoms with van der Waals surface area (Å²) in [6.45, 7) is 5.41. The number of anilines is 1. The minimum Gasteiger partial charge on any atom is -0.505 e. The van der Waals surface area contributed by atoms with Gasteiger partial charge in [-0.05, 0) is 46.5 Å². The summed E-state index contributed by atoms with van der Waals surface area (Å²) in [7, 11) is 0. The van der Waals surface area contributed by atoms with Crippen LogP contribution >= 0.6 is 39.1 Å². The van der Waals surface area contributed by atoms with Crippen molar-refractivity contribution in [3.8, 4) is 11.5 Å². The van der Waals surface area contributed by atoms with Gasteiger partial charge in [0.2, 0.25) is 0 Å². The van der Waals surface area contributed by atoms with Gasteiger partial charge in [0.25, 0.3) is 0 Å². The molecule has 2 aromatic carbocycles. The first-order valence-corrected chi connectivity index (χ1v) is 8.62. The van der Waals surface area contributed by atoms with Gasteiger partial charge in [0, 0.05) is 21.7 Å². The zero-order valence-electron chi connectivity index (χ0n) is 13.7. The fourth-order valence-electron chi connectivity index (χ4n) is 1.91. The van der Waals surface area contributed by atoms with E-state index < -0.39 is 4.92 Å². The number of nitro benzene ring substituents is 1. The molecule has 0 fully saturated rings. The van der Waals surface area contributed by atoms with E-state index in [1.807, 2.05) is 13.8 Å². The fourth-order valence-corrected chi connectivity index (χ4v) is 2.91. The van der Waals surface area contributed by atoms with Crippen LogP contribution in [0, 0.1) is 17.0 Å². The van der Waals surface area contributed by atoms with Gasteiger partial charge in [-0.1, -0.05) is 37.0 Å². The Balaban J connectivity index is 0.000000257. The van der Waals surface area contributed by atoms with Crippen molar-refractivity contribution in [1.29, 1.82) is 0 Å². The number of nitrogens with zero attached hydrogens (tertiary/aromatic N) is 1. The summed E-state index contributed by atoms with van der Waals surface area (Å²) in [5.41, 5.74) is 6.69. The number of phenols is 2. The first kappa shape index (κ1) is 21.3. The van der Waals surface area contributed by atoms with Gasteiger partial charge in [-0.15, -0.1) is 0 Å². The molecule has 4 N–H and O–H groups in total. The lowest BCUT2D eigenvalue weighted by atomic mass is 10.0. The van der Waals surface area contributed by atoms with Crippen LogP contribution in [0.4, 0.5) is 11.4 Å². The highest BCUT2D eigenvalue weighted by Crippen LogP contribution is 2.37. The van der Waals surface area contributed by atoms with Crippen molar-refractivity contribution < 1.29 is 15.1 Å². The van der Waals surface area contributed by atoms with E-state index in [1.165, 1.54) is 6.07 Å². The molecule has 0 unspecified atom stereocenters. The smallest absolute Gasteiger partial charge is 0.312 e. The standard InChI is InChI=1S/C9H10ClNO3.C7H7BrClNO/c1-5(2)7-3-6(10)4-8(9(7)12)11(13)14;1-3-5(9)2-4(8)7(11)6(3)10/h3-5,12H,1-2H3;2,11H,10H2,1H3. The number of rotatable bonds is 2. The molecular weight excluding hydrogens is 435 g/mol. The zero-order chi connectivity index (χ0) is 19.5. The van der Waals surface area contributed by atoms with Crippen molar-refractivity contribution in [3.05, 3.63) is 54.0 Å². The van der Waals surface area contributed by atoms with Crippen molar-refractivity contribution in [2.45, 2.75) is 26.7 Å². The summed E-state index contributed by atoms with van der Waals surface area (Å²) in [6.07, 6.45) is 0. The maximum Gasteiger partial charge on any atom is 0.312 e. The molecule has 6 nitrogen and oxygen atoms in total. The largest absolute Gasteiger partial charge is 0.505 e. The molecule has 0 aliphatic carbocycles. The van der Waals surface area contributed by atoms with Crippen LogP contribution in [-0.4, -0.2) is 15.1 Å². The SMILES string of the molecule is CC(C)c1cc(Cl)cc([N+](=O)[O-])c1O.Cc1c(Cl)cc(Br)c(O)c1N. The summed E-state index contributed by atoms with van der Waals surface area (Å²) in [5, 5.41) is 30.2. The van der Waals surface area contributed by atoms with Crippen LogP contribution in [-0.2, 0) is 0 Å². The number of nitrogens with two attached hydrogens (primary N) is 1. The van der Waals surface area contributed by atoms with Gasteiger partial charge in [0.1, 0.15) is 0 Å². The molecule has 0 aliphatic rings. The molecule has 0 aliphatic heterocycles. The third-order valence-corrected chi connectivity index (χ3v) is 4.62. The summed E-state index contributed by atoms with van der Waals surface area (Å²) < 4.78 is 0.519. The molecule has 0 amide bonds. The second-order valence-corrected chi connectivity index (χ2v) is 7.20. The maximum absolute atomic E-state index is 10.5. The van der Waals surface area contributed by atoms with E-state index >= 15 is 0 Å². The average Bonchev–Trinajstić information content (AvgIpc) is 2.53. The monoisotopic (exact) mass is 450 g/mol. The number of aromatic hydroxyl groups is 2. The first-order valence-electron chi connectivity index (χ1n) is 7.07. The lowest BCUT2D eigenvalue weighted by molar-refractivity contribution is -0.385. The van der Waals surface area contributed by atoms with Crippen LogP contribution < -0.4 is 5.73 Å². The summed E-state index contributed by atoms with van der Waals surface area (Å²) in [4.78, 5) is 9.89. The Kier molecular flexibility index (Phi) is 7.34. The Morgan fingerprint density at radius 3 is 2.24 bits per heavy atom. The van der Waals surface area contributed by atoms with Crippen molar-refractivity contribution in [1.82, 2.24) is 0 Å². The Morgan fingerprint density at radius 1 is 1.20 bits per heavy atom. The lowest BCUT2D eigenvalue weighted by Gasteiger charge is -2.08. The summed E-state index contributed by atoms with van der Waals surface area (Å²) in [6, 6.07) is 4.29. The number of nitrogen functional groups attached to an aromatic ring is 1. The second kappa shape index (κ2) is 8.60. The van der Waals surface area contributed by atoms with Crippen LogP contribution in [0.5, 0.6) is 11.5 Å². The minimum absolute atomic E-state index is 0.00704. The number of hydrogen-bond donors (Lipinski definition) is 3. The molecule has 0 heterocycles.